The molecule has 6 nitrogen and oxygen atoms in total. The highest BCUT2D eigenvalue weighted by Crippen LogP contribution is 2.20. The van der Waals surface area contributed by atoms with E-state index in [9.17, 15) is 4.79 Å². The molecule has 0 spiro atoms. The fourth-order valence-electron chi connectivity index (χ4n) is 4.14. The average Bonchev–Trinajstić information content (AvgIpc) is 2.70. The summed E-state index contributed by atoms with van der Waals surface area (Å²) >= 11 is 0. The first-order valence-electron chi connectivity index (χ1n) is 11.1. The van der Waals surface area contributed by atoms with Crippen LogP contribution in [0.3, 0.4) is 0 Å². The zero-order valence-electron chi connectivity index (χ0n) is 19.0. The van der Waals surface area contributed by atoms with Gasteiger partial charge < -0.3 is 20.9 Å². The van der Waals surface area contributed by atoms with Gasteiger partial charge in [0.15, 0.2) is 5.96 Å². The Bertz CT molecular complexity index is 657. The number of rotatable bonds is 9. The number of hydrogen-bond donors (Lipinski definition) is 3. The summed E-state index contributed by atoms with van der Waals surface area (Å²) in [5.41, 5.74) is 1.84. The van der Waals surface area contributed by atoms with E-state index in [0.717, 1.165) is 62.4 Å². The van der Waals surface area contributed by atoms with Gasteiger partial charge in [-0.2, -0.15) is 0 Å². The van der Waals surface area contributed by atoms with Crippen LogP contribution in [0.15, 0.2) is 29.3 Å². The quantitative estimate of drug-likeness (QED) is 0.199. The number of carbonyl (C=O) groups is 1. The van der Waals surface area contributed by atoms with Gasteiger partial charge in [0, 0.05) is 45.3 Å². The summed E-state index contributed by atoms with van der Waals surface area (Å²) in [7, 11) is 1.65. The van der Waals surface area contributed by atoms with Gasteiger partial charge >= 0.3 is 0 Å². The second-order valence-electron chi connectivity index (χ2n) is 8.28. The van der Waals surface area contributed by atoms with Crippen molar-refractivity contribution in [2.45, 2.75) is 40.0 Å². The highest BCUT2D eigenvalue weighted by Gasteiger charge is 2.20. The van der Waals surface area contributed by atoms with E-state index in [0.29, 0.717) is 5.56 Å². The van der Waals surface area contributed by atoms with E-state index in [-0.39, 0.29) is 29.9 Å². The monoisotopic (exact) mass is 529 g/mol. The molecule has 2 rings (SSSR count). The van der Waals surface area contributed by atoms with Crippen LogP contribution < -0.4 is 16.0 Å². The van der Waals surface area contributed by atoms with E-state index in [4.69, 9.17) is 4.99 Å². The summed E-state index contributed by atoms with van der Waals surface area (Å²) in [6.45, 7) is 12.8. The molecule has 1 amide bonds. The normalized spacial score (nSPS) is 19.7. The van der Waals surface area contributed by atoms with Crippen molar-refractivity contribution < 1.29 is 4.79 Å². The fourth-order valence-corrected chi connectivity index (χ4v) is 4.14. The molecular weight excluding hydrogens is 489 g/mol. The third kappa shape index (κ3) is 9.64. The molecule has 7 heteroatoms. The van der Waals surface area contributed by atoms with Crippen LogP contribution in [0.2, 0.25) is 0 Å². The second kappa shape index (κ2) is 14.6. The molecule has 2 atom stereocenters. The number of hydrogen-bond acceptors (Lipinski definition) is 3. The first-order chi connectivity index (χ1) is 14.0. The molecule has 30 heavy (non-hydrogen) atoms. The van der Waals surface area contributed by atoms with E-state index in [1.807, 2.05) is 18.2 Å². The van der Waals surface area contributed by atoms with Crippen LogP contribution in [-0.2, 0) is 6.42 Å². The number of amides is 1. The van der Waals surface area contributed by atoms with Gasteiger partial charge in [0.1, 0.15) is 0 Å². The number of benzene rings is 1. The standard InChI is InChI=1S/C23H39N5O.HI/c1-5-25-23(26-11-7-13-28-16-18(2)14-19(3)17-28)27-12-10-20-8-6-9-21(15-20)22(29)24-4;/h6,8-9,15,18-19H,5,7,10-14,16-17H2,1-4H3,(H,24,29)(H2,25,26,27);1H. The van der Waals surface area contributed by atoms with Crippen LogP contribution in [0.25, 0.3) is 0 Å². The van der Waals surface area contributed by atoms with Gasteiger partial charge in [0.05, 0.1) is 0 Å². The molecule has 0 saturated carbocycles. The Balaban J connectivity index is 0.00000450. The van der Waals surface area contributed by atoms with Crippen molar-refractivity contribution in [1.29, 1.82) is 0 Å². The summed E-state index contributed by atoms with van der Waals surface area (Å²) in [6, 6.07) is 7.77. The molecule has 3 N–H and O–H groups in total. The maximum Gasteiger partial charge on any atom is 0.251 e. The predicted molar refractivity (Wildman–Crippen MR) is 137 cm³/mol. The lowest BCUT2D eigenvalue weighted by Gasteiger charge is -2.34. The molecule has 0 aromatic heterocycles. The van der Waals surface area contributed by atoms with Crippen molar-refractivity contribution in [2.24, 2.45) is 16.8 Å². The van der Waals surface area contributed by atoms with Crippen molar-refractivity contribution in [3.8, 4) is 0 Å². The van der Waals surface area contributed by atoms with Crippen LogP contribution >= 0.6 is 24.0 Å². The predicted octanol–water partition coefficient (Wildman–Crippen LogP) is 3.13. The van der Waals surface area contributed by atoms with Crippen molar-refractivity contribution >= 4 is 35.8 Å². The lowest BCUT2D eigenvalue weighted by Crippen LogP contribution is -2.40. The number of guanidine groups is 1. The van der Waals surface area contributed by atoms with Crippen LogP contribution in [0, 0.1) is 11.8 Å². The number of nitrogens with one attached hydrogen (secondary N) is 3. The summed E-state index contributed by atoms with van der Waals surface area (Å²) in [5.74, 6) is 2.44. The number of piperidine rings is 1. The van der Waals surface area contributed by atoms with E-state index < -0.39 is 0 Å². The lowest BCUT2D eigenvalue weighted by atomic mass is 9.92. The van der Waals surface area contributed by atoms with Gasteiger partial charge in [0.25, 0.3) is 5.91 Å². The molecule has 170 valence electrons. The maximum absolute atomic E-state index is 11.8. The summed E-state index contributed by atoms with van der Waals surface area (Å²) < 4.78 is 0. The van der Waals surface area contributed by atoms with Crippen LogP contribution in [-0.4, -0.2) is 63.1 Å². The molecule has 1 aromatic carbocycles. The lowest BCUT2D eigenvalue weighted by molar-refractivity contribution is 0.0963. The Hall–Kier alpha value is -1.35. The Labute approximate surface area is 199 Å². The number of nitrogens with zero attached hydrogens (tertiary/aromatic N) is 2. The van der Waals surface area contributed by atoms with Gasteiger partial charge in [-0.05, 0) is 62.3 Å². The molecular formula is C23H40IN5O. The zero-order valence-corrected chi connectivity index (χ0v) is 21.4. The molecule has 1 saturated heterocycles. The third-order valence-corrected chi connectivity index (χ3v) is 5.31. The molecule has 1 aromatic rings. The summed E-state index contributed by atoms with van der Waals surface area (Å²) in [5, 5.41) is 9.40. The van der Waals surface area contributed by atoms with E-state index >= 15 is 0 Å². The van der Waals surface area contributed by atoms with Crippen molar-refractivity contribution in [3.63, 3.8) is 0 Å². The Morgan fingerprint density at radius 2 is 1.93 bits per heavy atom. The fraction of sp³-hybridized carbons (Fsp3) is 0.652. The van der Waals surface area contributed by atoms with E-state index in [1.165, 1.54) is 19.5 Å². The Morgan fingerprint density at radius 3 is 2.60 bits per heavy atom. The van der Waals surface area contributed by atoms with Gasteiger partial charge in [-0.25, -0.2) is 0 Å². The molecule has 1 fully saturated rings. The molecule has 1 heterocycles. The van der Waals surface area contributed by atoms with Crippen LogP contribution in [0.4, 0.5) is 0 Å². The molecule has 0 aliphatic carbocycles. The van der Waals surface area contributed by atoms with Crippen LogP contribution in [0.5, 0.6) is 0 Å². The smallest absolute Gasteiger partial charge is 0.251 e. The second-order valence-corrected chi connectivity index (χ2v) is 8.28. The minimum absolute atomic E-state index is 0. The number of likely N-dealkylation sites (tertiary alicyclic amines) is 1. The van der Waals surface area contributed by atoms with Gasteiger partial charge in [-0.3, -0.25) is 9.79 Å². The first-order valence-corrected chi connectivity index (χ1v) is 11.1. The minimum atomic E-state index is -0.0489. The van der Waals surface area contributed by atoms with E-state index in [1.54, 1.807) is 7.05 Å². The van der Waals surface area contributed by atoms with Gasteiger partial charge in [0.2, 0.25) is 0 Å². The topological polar surface area (TPSA) is 68.8 Å². The highest BCUT2D eigenvalue weighted by molar-refractivity contribution is 14.0. The maximum atomic E-state index is 11.8. The number of aliphatic imine (C=N–C) groups is 1. The van der Waals surface area contributed by atoms with E-state index in [2.05, 4.69) is 47.7 Å². The van der Waals surface area contributed by atoms with Crippen molar-refractivity contribution in [3.05, 3.63) is 35.4 Å². The summed E-state index contributed by atoms with van der Waals surface area (Å²) in [6.07, 6.45) is 3.29. The summed E-state index contributed by atoms with van der Waals surface area (Å²) in [4.78, 5) is 19.1. The average molecular weight is 530 g/mol. The first kappa shape index (κ1) is 26.7. The third-order valence-electron chi connectivity index (χ3n) is 5.31. The van der Waals surface area contributed by atoms with Gasteiger partial charge in [-0.15, -0.1) is 24.0 Å². The molecule has 0 radical (unpaired) electrons. The zero-order chi connectivity index (χ0) is 21.1. The van der Waals surface area contributed by atoms with Gasteiger partial charge in [-0.1, -0.05) is 26.0 Å². The molecule has 2 unspecified atom stereocenters. The largest absolute Gasteiger partial charge is 0.357 e. The molecule has 0 bridgehead atoms. The minimum Gasteiger partial charge on any atom is -0.357 e. The molecule has 1 aliphatic heterocycles. The Kier molecular flexibility index (Phi) is 13.0. The Morgan fingerprint density at radius 1 is 1.20 bits per heavy atom. The molecule has 1 aliphatic rings. The number of halogens is 1. The van der Waals surface area contributed by atoms with Crippen molar-refractivity contribution in [2.75, 3.05) is 46.3 Å². The number of carbonyl (C=O) groups excluding carboxylic acids is 1. The highest BCUT2D eigenvalue weighted by atomic mass is 127. The SMILES string of the molecule is CCNC(=NCCCN1CC(C)CC(C)C1)NCCc1cccc(C(=O)NC)c1.I. The van der Waals surface area contributed by atoms with Crippen LogP contribution in [0.1, 0.15) is 49.5 Å². The van der Waals surface area contributed by atoms with Crippen molar-refractivity contribution in [1.82, 2.24) is 20.9 Å².